The Labute approximate surface area is 143 Å². The summed E-state index contributed by atoms with van der Waals surface area (Å²) in [6.07, 6.45) is 0.723. The lowest BCUT2D eigenvalue weighted by Gasteiger charge is -2.31. The predicted octanol–water partition coefficient (Wildman–Crippen LogP) is 5.16. The molecule has 0 atom stereocenters. The molecule has 1 nitrogen and oxygen atoms in total. The maximum atomic E-state index is 9.10. The van der Waals surface area contributed by atoms with Crippen molar-refractivity contribution in [2.24, 2.45) is 0 Å². The van der Waals surface area contributed by atoms with E-state index in [0.717, 1.165) is 6.42 Å². The zero-order chi connectivity index (χ0) is 15.6. The molecule has 0 radical (unpaired) electrons. The first-order chi connectivity index (χ1) is 11.4. The number of aliphatic hydroxyl groups excluding tert-OH is 1. The topological polar surface area (TPSA) is 20.2 Å². The molecule has 1 heterocycles. The van der Waals surface area contributed by atoms with Gasteiger partial charge >= 0.3 is 0 Å². The Morgan fingerprint density at radius 2 is 1.30 bits per heavy atom. The number of rotatable bonds is 3. The van der Waals surface area contributed by atoms with Crippen LogP contribution in [0.25, 0.3) is 0 Å². The van der Waals surface area contributed by atoms with Crippen molar-refractivity contribution >= 4 is 22.7 Å². The number of thiol groups is 1. The molecule has 3 aromatic rings. The van der Waals surface area contributed by atoms with E-state index >= 15 is 0 Å². The lowest BCUT2D eigenvalue weighted by atomic mass is 10.2. The van der Waals surface area contributed by atoms with Gasteiger partial charge in [-0.15, -0.1) is 0 Å². The molecule has 0 saturated carbocycles. The fraction of sp³-hybridized carbons (Fsp3) is 0.100. The van der Waals surface area contributed by atoms with Crippen molar-refractivity contribution < 1.29 is 5.11 Å². The van der Waals surface area contributed by atoms with Crippen molar-refractivity contribution in [1.29, 1.82) is 0 Å². The van der Waals surface area contributed by atoms with Gasteiger partial charge in [0.2, 0.25) is 0 Å². The molecule has 3 aromatic carbocycles. The summed E-state index contributed by atoms with van der Waals surface area (Å²) < 4.78 is 0. The van der Waals surface area contributed by atoms with Crippen LogP contribution in [0.1, 0.15) is 5.56 Å². The van der Waals surface area contributed by atoms with Crippen LogP contribution in [0.4, 0.5) is 0 Å². The summed E-state index contributed by atoms with van der Waals surface area (Å²) in [6.45, 7) is 0.205. The molecule has 0 aromatic heterocycles. The fourth-order valence-electron chi connectivity index (χ4n) is 2.92. The second-order valence-corrected chi connectivity index (χ2v) is 8.75. The fourth-order valence-corrected chi connectivity index (χ4v) is 6.94. The molecule has 1 aliphatic heterocycles. The van der Waals surface area contributed by atoms with Crippen molar-refractivity contribution in [1.82, 2.24) is 0 Å². The SMILES string of the molecule is OCCc1ccc([SH]2c3ccccc3Sc3ccccc32)cc1. The van der Waals surface area contributed by atoms with Crippen molar-refractivity contribution in [3.8, 4) is 0 Å². The van der Waals surface area contributed by atoms with Crippen LogP contribution < -0.4 is 0 Å². The highest BCUT2D eigenvalue weighted by Crippen LogP contribution is 2.61. The quantitative estimate of drug-likeness (QED) is 0.503. The van der Waals surface area contributed by atoms with E-state index in [1.54, 1.807) is 0 Å². The molecule has 1 N–H and O–H groups in total. The average molecular weight is 338 g/mol. The monoisotopic (exact) mass is 338 g/mol. The Balaban J connectivity index is 1.84. The molecule has 0 unspecified atom stereocenters. The van der Waals surface area contributed by atoms with Crippen LogP contribution in [-0.4, -0.2) is 11.7 Å². The van der Waals surface area contributed by atoms with E-state index in [2.05, 4.69) is 72.8 Å². The van der Waals surface area contributed by atoms with Crippen LogP contribution in [0, 0.1) is 0 Å². The minimum absolute atomic E-state index is 0.205. The standard InChI is InChI=1S/C20H18OS2/c21-14-13-15-9-11-16(12-10-15)23-19-7-3-1-5-17(19)22-18-6-2-4-8-20(18)23/h1-12,21,23H,13-14H2. The van der Waals surface area contributed by atoms with Gasteiger partial charge in [-0.3, -0.25) is 0 Å². The van der Waals surface area contributed by atoms with Crippen molar-refractivity contribution in [3.63, 3.8) is 0 Å². The van der Waals surface area contributed by atoms with E-state index < -0.39 is 10.9 Å². The lowest BCUT2D eigenvalue weighted by molar-refractivity contribution is 0.299. The summed E-state index contributed by atoms with van der Waals surface area (Å²) in [6, 6.07) is 26.3. The molecule has 3 heteroatoms. The Bertz CT molecular complexity index is 782. The Hall–Kier alpha value is -1.68. The van der Waals surface area contributed by atoms with E-state index in [9.17, 15) is 0 Å². The molecule has 0 bridgehead atoms. The van der Waals surface area contributed by atoms with Gasteiger partial charge in [-0.1, -0.05) is 48.2 Å². The molecule has 0 saturated heterocycles. The Morgan fingerprint density at radius 3 is 1.87 bits per heavy atom. The molecule has 0 fully saturated rings. The summed E-state index contributed by atoms with van der Waals surface area (Å²) in [5.41, 5.74) is 1.19. The van der Waals surface area contributed by atoms with Gasteiger partial charge in [-0.2, -0.15) is 10.9 Å². The van der Waals surface area contributed by atoms with Gasteiger partial charge < -0.3 is 5.11 Å². The smallest absolute Gasteiger partial charge is 0.0471 e. The van der Waals surface area contributed by atoms with Crippen LogP contribution in [0.5, 0.6) is 0 Å². The van der Waals surface area contributed by atoms with Gasteiger partial charge in [-0.05, 0) is 53.3 Å². The zero-order valence-corrected chi connectivity index (χ0v) is 14.4. The Kier molecular flexibility index (Phi) is 4.17. The first-order valence-electron chi connectivity index (χ1n) is 7.72. The second-order valence-electron chi connectivity index (χ2n) is 5.51. The zero-order valence-electron chi connectivity index (χ0n) is 12.6. The highest BCUT2D eigenvalue weighted by atomic mass is 32.2. The van der Waals surface area contributed by atoms with Gasteiger partial charge in [0, 0.05) is 26.2 Å². The normalized spacial score (nSPS) is 14.2. The number of fused-ring (bicyclic) bond motifs is 2. The van der Waals surface area contributed by atoms with Crippen molar-refractivity contribution in [2.75, 3.05) is 6.61 Å². The van der Waals surface area contributed by atoms with Crippen LogP contribution in [0.15, 0.2) is 97.3 Å². The largest absolute Gasteiger partial charge is 0.396 e. The van der Waals surface area contributed by atoms with Gasteiger partial charge in [0.15, 0.2) is 0 Å². The second kappa shape index (κ2) is 6.44. The maximum absolute atomic E-state index is 9.10. The Morgan fingerprint density at radius 1 is 0.739 bits per heavy atom. The number of hydrogen-bond acceptors (Lipinski definition) is 2. The first kappa shape index (κ1) is 14.9. The van der Waals surface area contributed by atoms with Crippen LogP contribution in [-0.2, 0) is 6.42 Å². The summed E-state index contributed by atoms with van der Waals surface area (Å²) in [7, 11) is -0.504. The maximum Gasteiger partial charge on any atom is 0.0471 e. The summed E-state index contributed by atoms with van der Waals surface area (Å²) >= 11 is 1.88. The average Bonchev–Trinajstić information content (AvgIpc) is 2.61. The van der Waals surface area contributed by atoms with Gasteiger partial charge in [0.1, 0.15) is 0 Å². The molecular formula is C20H18OS2. The molecule has 0 aliphatic carbocycles. The lowest BCUT2D eigenvalue weighted by Crippen LogP contribution is -1.98. The molecule has 23 heavy (non-hydrogen) atoms. The third-order valence-corrected chi connectivity index (χ3v) is 8.04. The first-order valence-corrected chi connectivity index (χ1v) is 9.88. The van der Waals surface area contributed by atoms with E-state index in [4.69, 9.17) is 5.11 Å². The van der Waals surface area contributed by atoms with Gasteiger partial charge in [-0.25, -0.2) is 0 Å². The van der Waals surface area contributed by atoms with Crippen molar-refractivity contribution in [2.45, 2.75) is 30.9 Å². The highest BCUT2D eigenvalue weighted by molar-refractivity contribution is 8.18. The van der Waals surface area contributed by atoms with E-state index in [0.29, 0.717) is 0 Å². The summed E-state index contributed by atoms with van der Waals surface area (Å²) in [5.74, 6) is 0. The summed E-state index contributed by atoms with van der Waals surface area (Å²) in [4.78, 5) is 7.01. The molecule has 0 amide bonds. The molecule has 0 spiro atoms. The van der Waals surface area contributed by atoms with E-state index in [1.165, 1.54) is 30.0 Å². The third-order valence-electron chi connectivity index (χ3n) is 4.03. The van der Waals surface area contributed by atoms with Gasteiger partial charge in [0.05, 0.1) is 0 Å². The van der Waals surface area contributed by atoms with E-state index in [1.807, 2.05) is 11.8 Å². The molecular weight excluding hydrogens is 320 g/mol. The number of hydrogen-bond donors (Lipinski definition) is 2. The minimum Gasteiger partial charge on any atom is -0.396 e. The van der Waals surface area contributed by atoms with Gasteiger partial charge in [0.25, 0.3) is 0 Å². The van der Waals surface area contributed by atoms with Crippen LogP contribution in [0.3, 0.4) is 0 Å². The summed E-state index contributed by atoms with van der Waals surface area (Å²) in [5, 5.41) is 9.10. The number of aliphatic hydroxyl groups is 1. The minimum atomic E-state index is -0.504. The highest BCUT2D eigenvalue weighted by Gasteiger charge is 2.24. The third kappa shape index (κ3) is 2.80. The molecule has 116 valence electrons. The molecule has 4 rings (SSSR count). The predicted molar refractivity (Wildman–Crippen MR) is 98.0 cm³/mol. The van der Waals surface area contributed by atoms with Crippen molar-refractivity contribution in [3.05, 3.63) is 78.4 Å². The van der Waals surface area contributed by atoms with Crippen LogP contribution >= 0.6 is 22.7 Å². The van der Waals surface area contributed by atoms with E-state index in [-0.39, 0.29) is 6.61 Å². The number of benzene rings is 3. The molecule has 1 aliphatic rings. The van der Waals surface area contributed by atoms with Crippen LogP contribution in [0.2, 0.25) is 0 Å².